The molecule has 2 heterocycles. The van der Waals surface area contributed by atoms with Gasteiger partial charge in [0.15, 0.2) is 0 Å². The molecule has 1 aromatic carbocycles. The standard InChI is InChI=1S/C13H14ClN3O/c1-18-13-4-10(2-3-11(13)14)17-8-16-7-12(17)9-5-15-6-9/h2-4,7-9,15H,5-6H2,1H3. The first-order valence-corrected chi connectivity index (χ1v) is 6.24. The lowest BCUT2D eigenvalue weighted by molar-refractivity contribution is 0.414. The van der Waals surface area contributed by atoms with Crippen LogP contribution < -0.4 is 10.1 Å². The summed E-state index contributed by atoms with van der Waals surface area (Å²) in [6, 6.07) is 5.75. The van der Waals surface area contributed by atoms with E-state index in [2.05, 4.69) is 14.9 Å². The number of halogens is 1. The molecule has 3 rings (SSSR count). The van der Waals surface area contributed by atoms with Crippen molar-refractivity contribution in [2.24, 2.45) is 0 Å². The molecule has 1 N–H and O–H groups in total. The van der Waals surface area contributed by atoms with Crippen molar-refractivity contribution in [3.8, 4) is 11.4 Å². The SMILES string of the molecule is COc1cc(-n2cncc2C2CNC2)ccc1Cl. The maximum Gasteiger partial charge on any atom is 0.139 e. The Labute approximate surface area is 111 Å². The van der Waals surface area contributed by atoms with Crippen molar-refractivity contribution in [3.63, 3.8) is 0 Å². The van der Waals surface area contributed by atoms with Crippen LogP contribution in [0, 0.1) is 0 Å². The van der Waals surface area contributed by atoms with Crippen LogP contribution in [0.25, 0.3) is 5.69 Å². The molecule has 0 saturated carbocycles. The van der Waals surface area contributed by atoms with Crippen molar-refractivity contribution in [3.05, 3.63) is 41.4 Å². The molecule has 0 radical (unpaired) electrons. The topological polar surface area (TPSA) is 39.1 Å². The molecule has 0 spiro atoms. The quantitative estimate of drug-likeness (QED) is 0.923. The van der Waals surface area contributed by atoms with Crippen molar-refractivity contribution in [1.29, 1.82) is 0 Å². The normalized spacial score (nSPS) is 15.4. The summed E-state index contributed by atoms with van der Waals surface area (Å²) in [4.78, 5) is 4.24. The maximum absolute atomic E-state index is 6.04. The van der Waals surface area contributed by atoms with E-state index in [1.807, 2.05) is 30.7 Å². The third-order valence-corrected chi connectivity index (χ3v) is 3.59. The number of hydrogen-bond acceptors (Lipinski definition) is 3. The average Bonchev–Trinajstić information content (AvgIpc) is 2.76. The van der Waals surface area contributed by atoms with E-state index >= 15 is 0 Å². The summed E-state index contributed by atoms with van der Waals surface area (Å²) in [6.45, 7) is 2.02. The second-order valence-corrected chi connectivity index (χ2v) is 4.77. The van der Waals surface area contributed by atoms with E-state index in [9.17, 15) is 0 Å². The molecule has 0 bridgehead atoms. The summed E-state index contributed by atoms with van der Waals surface area (Å²) in [6.07, 6.45) is 3.75. The lowest BCUT2D eigenvalue weighted by atomic mass is 10.00. The number of aromatic nitrogens is 2. The Hall–Kier alpha value is -1.52. The van der Waals surface area contributed by atoms with E-state index in [-0.39, 0.29) is 0 Å². The molecule has 2 aromatic rings. The molecule has 18 heavy (non-hydrogen) atoms. The number of ether oxygens (including phenoxy) is 1. The number of rotatable bonds is 3. The van der Waals surface area contributed by atoms with Gasteiger partial charge in [-0.15, -0.1) is 0 Å². The van der Waals surface area contributed by atoms with Gasteiger partial charge in [-0.3, -0.25) is 0 Å². The predicted molar refractivity (Wildman–Crippen MR) is 70.7 cm³/mol. The Kier molecular flexibility index (Phi) is 2.97. The van der Waals surface area contributed by atoms with Crippen LogP contribution in [-0.4, -0.2) is 29.8 Å². The van der Waals surface area contributed by atoms with Crippen molar-refractivity contribution >= 4 is 11.6 Å². The number of imidazole rings is 1. The molecular weight excluding hydrogens is 250 g/mol. The van der Waals surface area contributed by atoms with Gasteiger partial charge in [0.2, 0.25) is 0 Å². The fraction of sp³-hybridized carbons (Fsp3) is 0.308. The van der Waals surface area contributed by atoms with E-state index in [0.717, 1.165) is 18.8 Å². The van der Waals surface area contributed by atoms with E-state index in [1.165, 1.54) is 5.69 Å². The van der Waals surface area contributed by atoms with Gasteiger partial charge >= 0.3 is 0 Å². The second-order valence-electron chi connectivity index (χ2n) is 4.36. The van der Waals surface area contributed by atoms with Crippen molar-refractivity contribution in [2.45, 2.75) is 5.92 Å². The zero-order valence-corrected chi connectivity index (χ0v) is 10.8. The van der Waals surface area contributed by atoms with Crippen molar-refractivity contribution < 1.29 is 4.74 Å². The smallest absolute Gasteiger partial charge is 0.139 e. The van der Waals surface area contributed by atoms with Gasteiger partial charge in [-0.05, 0) is 12.1 Å². The highest BCUT2D eigenvalue weighted by atomic mass is 35.5. The Morgan fingerprint density at radius 1 is 1.44 bits per heavy atom. The number of nitrogens with zero attached hydrogens (tertiary/aromatic N) is 2. The van der Waals surface area contributed by atoms with Crippen molar-refractivity contribution in [2.75, 3.05) is 20.2 Å². The third-order valence-electron chi connectivity index (χ3n) is 3.28. The molecule has 0 aliphatic carbocycles. The van der Waals surface area contributed by atoms with Crippen LogP contribution in [0.2, 0.25) is 5.02 Å². The highest BCUT2D eigenvalue weighted by Gasteiger charge is 2.23. The van der Waals surface area contributed by atoms with Gasteiger partial charge in [0.1, 0.15) is 5.75 Å². The minimum absolute atomic E-state index is 0.536. The molecule has 1 saturated heterocycles. The summed E-state index contributed by atoms with van der Waals surface area (Å²) in [5, 5.41) is 3.89. The first kappa shape index (κ1) is 11.6. The Morgan fingerprint density at radius 2 is 2.28 bits per heavy atom. The van der Waals surface area contributed by atoms with E-state index < -0.39 is 0 Å². The molecule has 0 atom stereocenters. The van der Waals surface area contributed by atoms with Gasteiger partial charge < -0.3 is 14.6 Å². The lowest BCUT2D eigenvalue weighted by Gasteiger charge is -2.27. The minimum Gasteiger partial charge on any atom is -0.495 e. The first-order chi connectivity index (χ1) is 8.79. The summed E-state index contributed by atoms with van der Waals surface area (Å²) in [5.41, 5.74) is 2.24. The summed E-state index contributed by atoms with van der Waals surface area (Å²) < 4.78 is 7.33. The van der Waals surface area contributed by atoms with E-state index in [1.54, 1.807) is 7.11 Å². The number of benzene rings is 1. The largest absolute Gasteiger partial charge is 0.495 e. The van der Waals surface area contributed by atoms with Crippen LogP contribution in [0.5, 0.6) is 5.75 Å². The number of methoxy groups -OCH3 is 1. The number of nitrogens with one attached hydrogen (secondary N) is 1. The van der Waals surface area contributed by atoms with Crippen LogP contribution in [0.15, 0.2) is 30.7 Å². The molecule has 1 aliphatic rings. The third kappa shape index (κ3) is 1.87. The zero-order chi connectivity index (χ0) is 12.5. The minimum atomic E-state index is 0.536. The highest BCUT2D eigenvalue weighted by Crippen LogP contribution is 2.29. The summed E-state index contributed by atoms with van der Waals surface area (Å²) in [7, 11) is 1.62. The van der Waals surface area contributed by atoms with Crippen LogP contribution in [0.1, 0.15) is 11.6 Å². The Bertz CT molecular complexity index is 563. The van der Waals surface area contributed by atoms with Gasteiger partial charge in [0.25, 0.3) is 0 Å². The van der Waals surface area contributed by atoms with Crippen molar-refractivity contribution in [1.82, 2.24) is 14.9 Å². The molecule has 1 aromatic heterocycles. The summed E-state index contributed by atoms with van der Waals surface area (Å²) >= 11 is 6.04. The van der Waals surface area contributed by atoms with Crippen LogP contribution in [0.3, 0.4) is 0 Å². The van der Waals surface area contributed by atoms with Gasteiger partial charge in [-0.1, -0.05) is 11.6 Å². The molecule has 4 nitrogen and oxygen atoms in total. The van der Waals surface area contributed by atoms with Crippen LogP contribution >= 0.6 is 11.6 Å². The Morgan fingerprint density at radius 3 is 2.94 bits per heavy atom. The zero-order valence-electron chi connectivity index (χ0n) is 10.1. The van der Waals surface area contributed by atoms with Crippen LogP contribution in [0.4, 0.5) is 0 Å². The fourth-order valence-corrected chi connectivity index (χ4v) is 2.31. The summed E-state index contributed by atoms with van der Waals surface area (Å²) in [5.74, 6) is 1.22. The molecule has 94 valence electrons. The molecule has 1 fully saturated rings. The average molecular weight is 264 g/mol. The maximum atomic E-state index is 6.04. The first-order valence-electron chi connectivity index (χ1n) is 5.86. The van der Waals surface area contributed by atoms with E-state index in [0.29, 0.717) is 16.7 Å². The monoisotopic (exact) mass is 263 g/mol. The van der Waals surface area contributed by atoms with E-state index in [4.69, 9.17) is 16.3 Å². The fourth-order valence-electron chi connectivity index (χ4n) is 2.12. The second kappa shape index (κ2) is 4.63. The lowest BCUT2D eigenvalue weighted by Crippen LogP contribution is -2.40. The van der Waals surface area contributed by atoms with Crippen LogP contribution in [-0.2, 0) is 0 Å². The van der Waals surface area contributed by atoms with Gasteiger partial charge in [0, 0.05) is 37.0 Å². The molecule has 1 aliphatic heterocycles. The molecular formula is C13H14ClN3O. The predicted octanol–water partition coefficient (Wildman–Crippen LogP) is 2.22. The van der Waals surface area contributed by atoms with Gasteiger partial charge in [-0.2, -0.15) is 0 Å². The molecule has 0 amide bonds. The number of hydrogen-bond donors (Lipinski definition) is 1. The van der Waals surface area contributed by atoms with Gasteiger partial charge in [0.05, 0.1) is 24.1 Å². The molecule has 0 unspecified atom stereocenters. The molecule has 5 heteroatoms. The Balaban J connectivity index is 2.01. The highest BCUT2D eigenvalue weighted by molar-refractivity contribution is 6.32. The van der Waals surface area contributed by atoms with Gasteiger partial charge in [-0.25, -0.2) is 4.98 Å².